The van der Waals surface area contributed by atoms with E-state index in [0.717, 1.165) is 31.9 Å². The smallest absolute Gasteiger partial charge is 0.267 e. The van der Waals surface area contributed by atoms with Crippen LogP contribution >= 0.6 is 0 Å². The van der Waals surface area contributed by atoms with Gasteiger partial charge in [-0.1, -0.05) is 33.1 Å². The van der Waals surface area contributed by atoms with Gasteiger partial charge in [0.15, 0.2) is 0 Å². The Hall–Kier alpha value is -2.05. The topological polar surface area (TPSA) is 66.9 Å². The zero-order valence-electron chi connectivity index (χ0n) is 16.8. The van der Waals surface area contributed by atoms with E-state index in [2.05, 4.69) is 28.3 Å². The van der Waals surface area contributed by atoms with Crippen molar-refractivity contribution >= 4 is 17.1 Å². The Balaban J connectivity index is 1.85. The van der Waals surface area contributed by atoms with Gasteiger partial charge in [-0.2, -0.15) is 0 Å². The molecule has 0 aromatic carbocycles. The van der Waals surface area contributed by atoms with Crippen molar-refractivity contribution in [2.75, 3.05) is 11.4 Å². The Bertz CT molecular complexity index is 946. The highest BCUT2D eigenvalue weighted by molar-refractivity contribution is 5.68. The van der Waals surface area contributed by atoms with Crippen LogP contribution in [0.15, 0.2) is 9.59 Å². The molecule has 0 bridgehead atoms. The zero-order valence-corrected chi connectivity index (χ0v) is 16.8. The maximum atomic E-state index is 13.2. The molecule has 0 spiro atoms. The maximum absolute atomic E-state index is 13.2. The van der Waals surface area contributed by atoms with Crippen LogP contribution in [-0.4, -0.2) is 26.7 Å². The third-order valence-corrected chi connectivity index (χ3v) is 6.28. The summed E-state index contributed by atoms with van der Waals surface area (Å²) in [6.45, 7) is 6.56. The maximum Gasteiger partial charge on any atom is 0.359 e. The summed E-state index contributed by atoms with van der Waals surface area (Å²) in [5.41, 5.74) is 0.929. The first-order valence-electron chi connectivity index (χ1n) is 10.5. The van der Waals surface area contributed by atoms with Crippen LogP contribution in [-0.2, 0) is 20.1 Å². The molecule has 4 rings (SSSR count). The van der Waals surface area contributed by atoms with Crippen molar-refractivity contribution in [1.29, 1.82) is 0 Å². The number of H-pyrrole nitrogens is 1. The molecule has 1 aliphatic heterocycles. The summed E-state index contributed by atoms with van der Waals surface area (Å²) in [7, 11) is 1.77. The summed E-state index contributed by atoms with van der Waals surface area (Å²) >= 11 is 0. The summed E-state index contributed by atoms with van der Waals surface area (Å²) in [4.78, 5) is 31.9. The van der Waals surface area contributed by atoms with Crippen LogP contribution in [0.2, 0.25) is 0 Å². The molecule has 2 aromatic heterocycles. The average molecular weight is 375 g/mol. The Kier molecular flexibility index (Phi) is 4.86. The predicted octanol–water partition coefficient (Wildman–Crippen LogP) is 1.90. The van der Waals surface area contributed by atoms with E-state index in [1.165, 1.54) is 36.7 Å². The van der Waals surface area contributed by atoms with Crippen molar-refractivity contribution in [3.63, 3.8) is 0 Å². The average Bonchev–Trinajstić information content (AvgIpc) is 3.06. The lowest BCUT2D eigenvalue weighted by Crippen LogP contribution is -2.53. The molecule has 2 aromatic rings. The number of imidazole rings is 1. The molecule has 3 heterocycles. The van der Waals surface area contributed by atoms with Gasteiger partial charge < -0.3 is 0 Å². The molecule has 0 saturated heterocycles. The molecule has 7 heteroatoms. The number of nitrogens with zero attached hydrogens (tertiary/aromatic N) is 4. The summed E-state index contributed by atoms with van der Waals surface area (Å²) in [6.07, 6.45) is 8.18. The van der Waals surface area contributed by atoms with Crippen LogP contribution < -0.4 is 20.7 Å². The second kappa shape index (κ2) is 7.17. The number of aromatic amines is 1. The minimum Gasteiger partial charge on any atom is -0.267 e. The van der Waals surface area contributed by atoms with Crippen LogP contribution in [0.4, 0.5) is 5.95 Å². The third-order valence-electron chi connectivity index (χ3n) is 6.28. The fourth-order valence-electron chi connectivity index (χ4n) is 4.70. The monoisotopic (exact) mass is 374 g/mol. The van der Waals surface area contributed by atoms with Gasteiger partial charge in [-0.15, -0.1) is 0 Å². The van der Waals surface area contributed by atoms with Gasteiger partial charge in [0.1, 0.15) is 0 Å². The number of aromatic nitrogens is 4. The van der Waals surface area contributed by atoms with Gasteiger partial charge in [0, 0.05) is 20.0 Å². The number of hydrogen-bond acceptors (Lipinski definition) is 3. The molecular weight excluding hydrogens is 342 g/mol. The number of fused-ring (bicyclic) bond motifs is 3. The normalized spacial score (nSPS) is 18.4. The number of anilines is 1. The Morgan fingerprint density at radius 1 is 1.15 bits per heavy atom. The lowest BCUT2D eigenvalue weighted by molar-refractivity contribution is -0.663. The van der Waals surface area contributed by atoms with E-state index in [-0.39, 0.29) is 11.2 Å². The number of nitrogens with one attached hydrogen (secondary N) is 1. The first-order chi connectivity index (χ1) is 13.0. The van der Waals surface area contributed by atoms with Crippen molar-refractivity contribution < 1.29 is 4.57 Å². The highest BCUT2D eigenvalue weighted by Crippen LogP contribution is 2.27. The molecule has 0 unspecified atom stereocenters. The van der Waals surface area contributed by atoms with Gasteiger partial charge in [-0.05, 0) is 25.2 Å². The van der Waals surface area contributed by atoms with Crippen molar-refractivity contribution in [2.24, 2.45) is 13.0 Å². The summed E-state index contributed by atoms with van der Waals surface area (Å²) < 4.78 is 5.16. The molecule has 148 valence electrons. The van der Waals surface area contributed by atoms with Crippen LogP contribution in [0, 0.1) is 5.92 Å². The molecule has 0 atom stereocenters. The Morgan fingerprint density at radius 2 is 1.89 bits per heavy atom. The van der Waals surface area contributed by atoms with Crippen LogP contribution in [0.3, 0.4) is 0 Å². The molecular formula is C20H32N5O2+. The summed E-state index contributed by atoms with van der Waals surface area (Å²) in [6, 6.07) is 0.540. The van der Waals surface area contributed by atoms with Crippen LogP contribution in [0.1, 0.15) is 58.8 Å². The third kappa shape index (κ3) is 3.11. The van der Waals surface area contributed by atoms with Gasteiger partial charge in [0.25, 0.3) is 5.56 Å². The van der Waals surface area contributed by atoms with Gasteiger partial charge in [0.05, 0.1) is 19.1 Å². The molecule has 1 N–H and O–H groups in total. The van der Waals surface area contributed by atoms with Crippen molar-refractivity contribution in [3.05, 3.63) is 20.8 Å². The number of aryl methyl sites for hydroxylation is 2. The van der Waals surface area contributed by atoms with Gasteiger partial charge in [-0.25, -0.2) is 14.3 Å². The van der Waals surface area contributed by atoms with Crippen molar-refractivity contribution in [3.8, 4) is 0 Å². The largest absolute Gasteiger partial charge is 0.359 e. The summed E-state index contributed by atoms with van der Waals surface area (Å²) in [5.74, 6) is 1.46. The van der Waals surface area contributed by atoms with Gasteiger partial charge in [-0.3, -0.25) is 18.8 Å². The molecule has 0 radical (unpaired) electrons. The number of rotatable bonds is 4. The fourth-order valence-corrected chi connectivity index (χ4v) is 4.70. The van der Waals surface area contributed by atoms with Gasteiger partial charge >= 0.3 is 11.6 Å². The molecule has 1 saturated carbocycles. The molecule has 0 amide bonds. The van der Waals surface area contributed by atoms with E-state index >= 15 is 0 Å². The van der Waals surface area contributed by atoms with Crippen LogP contribution in [0.25, 0.3) is 11.2 Å². The molecule has 2 aliphatic rings. The van der Waals surface area contributed by atoms with E-state index < -0.39 is 0 Å². The highest BCUT2D eigenvalue weighted by atomic mass is 16.2. The molecule has 7 nitrogen and oxygen atoms in total. The molecule has 1 fully saturated rings. The second-order valence-electron chi connectivity index (χ2n) is 8.62. The minimum absolute atomic E-state index is 0.151. The SMILES string of the molecule is CC(C)CCn1c(=O)c2c([nH]c3[n+]2CCCN3C2CCCCC2)n(C)c1=O. The lowest BCUT2D eigenvalue weighted by Gasteiger charge is -2.32. The van der Waals surface area contributed by atoms with Crippen molar-refractivity contribution in [2.45, 2.75) is 77.9 Å². The molecule has 1 aliphatic carbocycles. The predicted molar refractivity (Wildman–Crippen MR) is 106 cm³/mol. The van der Waals surface area contributed by atoms with E-state index in [9.17, 15) is 9.59 Å². The highest BCUT2D eigenvalue weighted by Gasteiger charge is 2.36. The first kappa shape index (κ1) is 18.3. The summed E-state index contributed by atoms with van der Waals surface area (Å²) in [5, 5.41) is 0. The van der Waals surface area contributed by atoms with Crippen LogP contribution in [0.5, 0.6) is 0 Å². The minimum atomic E-state index is -0.225. The second-order valence-corrected chi connectivity index (χ2v) is 8.62. The lowest BCUT2D eigenvalue weighted by atomic mass is 9.94. The quantitative estimate of drug-likeness (QED) is 0.832. The number of hydrogen-bond donors (Lipinski definition) is 1. The first-order valence-corrected chi connectivity index (χ1v) is 10.5. The Morgan fingerprint density at radius 3 is 2.59 bits per heavy atom. The van der Waals surface area contributed by atoms with E-state index in [1.54, 1.807) is 11.6 Å². The zero-order chi connectivity index (χ0) is 19.1. The van der Waals surface area contributed by atoms with E-state index in [4.69, 9.17) is 0 Å². The Labute approximate surface area is 159 Å². The van der Waals surface area contributed by atoms with Crippen molar-refractivity contribution in [1.82, 2.24) is 14.1 Å². The van der Waals surface area contributed by atoms with E-state index in [1.807, 2.05) is 0 Å². The van der Waals surface area contributed by atoms with E-state index in [0.29, 0.717) is 29.7 Å². The standard InChI is InChI=1S/C20H31N5O2/c1-14(2)10-13-25-18(26)16-17(22(3)20(25)27)21-19-23(11-7-12-24(16)19)15-8-5-4-6-9-15/h14-15H,4-13H2,1-3H3/p+1. The molecule has 27 heavy (non-hydrogen) atoms. The fraction of sp³-hybridized carbons (Fsp3) is 0.750. The van der Waals surface area contributed by atoms with Gasteiger partial charge in [0.2, 0.25) is 11.2 Å².